The monoisotopic (exact) mass is 435 g/mol. The Morgan fingerprint density at radius 1 is 1.17 bits per heavy atom. The summed E-state index contributed by atoms with van der Waals surface area (Å²) >= 11 is 6.20. The first-order valence-corrected chi connectivity index (χ1v) is 10.6. The SMILES string of the molecule is CCS(=O)(=O)Nc1nc(Oc2c(C)cccc2Cl)nc(-c2ccc(=O)n(C)c2)n1. The van der Waals surface area contributed by atoms with Crippen molar-refractivity contribution in [3.63, 3.8) is 0 Å². The van der Waals surface area contributed by atoms with Gasteiger partial charge in [0.15, 0.2) is 11.6 Å². The molecule has 0 aliphatic carbocycles. The summed E-state index contributed by atoms with van der Waals surface area (Å²) in [5.41, 5.74) is 1.02. The van der Waals surface area contributed by atoms with Crippen LogP contribution in [0.4, 0.5) is 5.95 Å². The van der Waals surface area contributed by atoms with Crippen LogP contribution >= 0.6 is 11.6 Å². The van der Waals surface area contributed by atoms with Gasteiger partial charge in [0.25, 0.3) is 0 Å². The minimum absolute atomic E-state index is 0.129. The maximum Gasteiger partial charge on any atom is 0.327 e. The number of halogens is 1. The van der Waals surface area contributed by atoms with Gasteiger partial charge in [-0.1, -0.05) is 23.7 Å². The maximum absolute atomic E-state index is 12.0. The van der Waals surface area contributed by atoms with Crippen LogP contribution in [0.3, 0.4) is 0 Å². The predicted octanol–water partition coefficient (Wildman–Crippen LogP) is 2.75. The lowest BCUT2D eigenvalue weighted by molar-refractivity contribution is 0.438. The Balaban J connectivity index is 2.12. The lowest BCUT2D eigenvalue weighted by Crippen LogP contribution is -2.18. The topological polar surface area (TPSA) is 116 Å². The van der Waals surface area contributed by atoms with Crippen LogP contribution in [-0.4, -0.2) is 33.7 Å². The molecule has 1 N–H and O–H groups in total. The van der Waals surface area contributed by atoms with Gasteiger partial charge in [-0.2, -0.15) is 15.0 Å². The van der Waals surface area contributed by atoms with Gasteiger partial charge in [-0.3, -0.25) is 9.52 Å². The molecule has 0 saturated carbocycles. The summed E-state index contributed by atoms with van der Waals surface area (Å²) in [5, 5.41) is 0.352. The van der Waals surface area contributed by atoms with Crippen molar-refractivity contribution in [2.45, 2.75) is 13.8 Å². The molecule has 0 bridgehead atoms. The molecule has 0 spiro atoms. The highest BCUT2D eigenvalue weighted by molar-refractivity contribution is 7.92. The van der Waals surface area contributed by atoms with Gasteiger partial charge in [0, 0.05) is 24.9 Å². The lowest BCUT2D eigenvalue weighted by atomic mass is 10.2. The quantitative estimate of drug-likeness (QED) is 0.632. The summed E-state index contributed by atoms with van der Waals surface area (Å²) in [6, 6.07) is 7.97. The molecule has 0 saturated heterocycles. The molecule has 2 aromatic heterocycles. The minimum atomic E-state index is -3.63. The summed E-state index contributed by atoms with van der Waals surface area (Å²) < 4.78 is 33.3. The first-order chi connectivity index (χ1) is 13.7. The van der Waals surface area contributed by atoms with E-state index in [1.54, 1.807) is 32.2 Å². The molecule has 0 radical (unpaired) electrons. The molecule has 3 aromatic rings. The van der Waals surface area contributed by atoms with Crippen molar-refractivity contribution in [2.75, 3.05) is 10.5 Å². The van der Waals surface area contributed by atoms with Crippen LogP contribution in [0.1, 0.15) is 12.5 Å². The molecule has 0 amide bonds. The van der Waals surface area contributed by atoms with E-state index in [1.165, 1.54) is 29.8 Å². The second kappa shape index (κ2) is 8.18. The van der Waals surface area contributed by atoms with E-state index in [4.69, 9.17) is 16.3 Å². The molecule has 0 unspecified atom stereocenters. The normalized spacial score (nSPS) is 11.3. The van der Waals surface area contributed by atoms with Crippen LogP contribution in [0, 0.1) is 6.92 Å². The Bertz CT molecular complexity index is 1210. The van der Waals surface area contributed by atoms with Crippen LogP contribution in [-0.2, 0) is 17.1 Å². The van der Waals surface area contributed by atoms with E-state index in [1.807, 2.05) is 0 Å². The third-order valence-corrected chi connectivity index (χ3v) is 5.49. The van der Waals surface area contributed by atoms with Crippen molar-refractivity contribution in [3.8, 4) is 23.1 Å². The van der Waals surface area contributed by atoms with Crippen molar-refractivity contribution >= 4 is 27.6 Å². The van der Waals surface area contributed by atoms with E-state index < -0.39 is 10.0 Å². The van der Waals surface area contributed by atoms with Gasteiger partial charge in [-0.25, -0.2) is 8.42 Å². The maximum atomic E-state index is 12.0. The van der Waals surface area contributed by atoms with Crippen molar-refractivity contribution in [3.05, 3.63) is 57.5 Å². The standard InChI is InChI=1S/C18H18ClN5O4S/c1-4-29(26,27)23-17-20-16(12-8-9-14(25)24(3)10-12)21-18(22-17)28-15-11(2)6-5-7-13(15)19/h5-10H,4H2,1-3H3,(H,20,21,22,23). The van der Waals surface area contributed by atoms with E-state index in [0.29, 0.717) is 16.3 Å². The third kappa shape index (κ3) is 4.90. The molecule has 2 heterocycles. The van der Waals surface area contributed by atoms with E-state index in [9.17, 15) is 13.2 Å². The Kier molecular flexibility index (Phi) is 5.85. The highest BCUT2D eigenvalue weighted by Gasteiger charge is 2.17. The fraction of sp³-hybridized carbons (Fsp3) is 0.222. The lowest BCUT2D eigenvalue weighted by Gasteiger charge is -2.12. The van der Waals surface area contributed by atoms with Gasteiger partial charge in [0.05, 0.1) is 10.8 Å². The molecule has 0 atom stereocenters. The number of rotatable bonds is 6. The van der Waals surface area contributed by atoms with Crippen LogP contribution in [0.15, 0.2) is 41.3 Å². The van der Waals surface area contributed by atoms with Crippen LogP contribution in [0.5, 0.6) is 11.8 Å². The third-order valence-electron chi connectivity index (χ3n) is 3.94. The van der Waals surface area contributed by atoms with Crippen LogP contribution < -0.4 is 15.0 Å². The number of ether oxygens (including phenoxy) is 1. The Hall–Kier alpha value is -2.98. The molecule has 0 aliphatic heterocycles. The second-order valence-electron chi connectivity index (χ2n) is 6.13. The number of pyridine rings is 1. The number of para-hydroxylation sites is 1. The molecular formula is C18H18ClN5O4S. The molecule has 11 heteroatoms. The number of anilines is 1. The van der Waals surface area contributed by atoms with Gasteiger partial charge >= 0.3 is 6.01 Å². The van der Waals surface area contributed by atoms with Gasteiger partial charge < -0.3 is 9.30 Å². The van der Waals surface area contributed by atoms with Crippen LogP contribution in [0.25, 0.3) is 11.4 Å². The molecule has 152 valence electrons. The van der Waals surface area contributed by atoms with Crippen molar-refractivity contribution in [1.82, 2.24) is 19.5 Å². The first-order valence-electron chi connectivity index (χ1n) is 8.55. The fourth-order valence-electron chi connectivity index (χ4n) is 2.35. The molecule has 0 fully saturated rings. The smallest absolute Gasteiger partial charge is 0.327 e. The fourth-order valence-corrected chi connectivity index (χ4v) is 3.13. The number of hydrogen-bond acceptors (Lipinski definition) is 7. The summed E-state index contributed by atoms with van der Waals surface area (Å²) in [4.78, 5) is 24.1. The Morgan fingerprint density at radius 3 is 2.59 bits per heavy atom. The number of hydrogen-bond donors (Lipinski definition) is 1. The summed E-state index contributed by atoms with van der Waals surface area (Å²) in [6.07, 6.45) is 1.53. The number of sulfonamides is 1. The number of aromatic nitrogens is 4. The second-order valence-corrected chi connectivity index (χ2v) is 8.54. The first kappa shape index (κ1) is 20.7. The highest BCUT2D eigenvalue weighted by Crippen LogP contribution is 2.32. The van der Waals surface area contributed by atoms with Gasteiger partial charge in [-0.05, 0) is 31.5 Å². The Morgan fingerprint density at radius 2 is 1.93 bits per heavy atom. The van der Waals surface area contributed by atoms with Crippen molar-refractivity contribution < 1.29 is 13.2 Å². The van der Waals surface area contributed by atoms with Gasteiger partial charge in [0.1, 0.15) is 0 Å². The average Bonchev–Trinajstić information content (AvgIpc) is 2.66. The van der Waals surface area contributed by atoms with E-state index >= 15 is 0 Å². The Labute approximate surface area is 172 Å². The van der Waals surface area contributed by atoms with E-state index in [0.717, 1.165) is 5.56 Å². The number of nitrogens with zero attached hydrogens (tertiary/aromatic N) is 4. The van der Waals surface area contributed by atoms with E-state index in [-0.39, 0.29) is 29.1 Å². The molecule has 29 heavy (non-hydrogen) atoms. The molecular weight excluding hydrogens is 418 g/mol. The van der Waals surface area contributed by atoms with Crippen LogP contribution in [0.2, 0.25) is 5.02 Å². The summed E-state index contributed by atoms with van der Waals surface area (Å²) in [7, 11) is -2.05. The zero-order valence-corrected chi connectivity index (χ0v) is 17.5. The number of benzene rings is 1. The highest BCUT2D eigenvalue weighted by atomic mass is 35.5. The predicted molar refractivity (Wildman–Crippen MR) is 110 cm³/mol. The van der Waals surface area contributed by atoms with Gasteiger partial charge in [-0.15, -0.1) is 0 Å². The molecule has 9 nitrogen and oxygen atoms in total. The number of nitrogens with one attached hydrogen (secondary N) is 1. The largest absolute Gasteiger partial charge is 0.422 e. The van der Waals surface area contributed by atoms with Crippen molar-refractivity contribution in [1.29, 1.82) is 0 Å². The molecule has 3 rings (SSSR count). The number of aryl methyl sites for hydroxylation is 2. The average molecular weight is 436 g/mol. The summed E-state index contributed by atoms with van der Waals surface area (Å²) in [6.45, 7) is 3.29. The molecule has 0 aliphatic rings. The van der Waals surface area contributed by atoms with Gasteiger partial charge in [0.2, 0.25) is 21.5 Å². The van der Waals surface area contributed by atoms with Crippen molar-refractivity contribution in [2.24, 2.45) is 7.05 Å². The van der Waals surface area contributed by atoms with E-state index in [2.05, 4.69) is 19.7 Å². The minimum Gasteiger partial charge on any atom is -0.422 e. The molecule has 1 aromatic carbocycles. The zero-order chi connectivity index (χ0) is 21.2. The zero-order valence-electron chi connectivity index (χ0n) is 15.9. The summed E-state index contributed by atoms with van der Waals surface area (Å²) in [5.74, 6) is 0.110.